The first-order valence-corrected chi connectivity index (χ1v) is 4.39. The summed E-state index contributed by atoms with van der Waals surface area (Å²) in [6, 6.07) is 1.19. The van der Waals surface area contributed by atoms with Crippen LogP contribution in [-0.4, -0.2) is 27.8 Å². The lowest BCUT2D eigenvalue weighted by molar-refractivity contribution is 0.0521. The van der Waals surface area contributed by atoms with Crippen molar-refractivity contribution in [2.75, 3.05) is 6.61 Å². The molecule has 2 aromatic rings. The summed E-state index contributed by atoms with van der Waals surface area (Å²) in [5.74, 6) is -1.08. The second kappa shape index (κ2) is 3.64. The number of ether oxygens (including phenoxy) is 1. The molecule has 0 aliphatic heterocycles. The van der Waals surface area contributed by atoms with Crippen LogP contribution in [0, 0.1) is 5.82 Å². The van der Waals surface area contributed by atoms with Gasteiger partial charge in [-0.15, -0.1) is 0 Å². The van der Waals surface area contributed by atoms with E-state index in [1.54, 1.807) is 6.92 Å². The van der Waals surface area contributed by atoms with E-state index in [0.29, 0.717) is 11.0 Å². The zero-order valence-electron chi connectivity index (χ0n) is 7.95. The second-order valence-electron chi connectivity index (χ2n) is 2.84. The van der Waals surface area contributed by atoms with E-state index in [4.69, 9.17) is 4.74 Å². The van der Waals surface area contributed by atoms with Gasteiger partial charge in [-0.3, -0.25) is 5.10 Å². The van der Waals surface area contributed by atoms with Crippen molar-refractivity contribution in [2.45, 2.75) is 6.92 Å². The van der Waals surface area contributed by atoms with Gasteiger partial charge in [-0.05, 0) is 13.0 Å². The molecule has 0 fully saturated rings. The zero-order valence-corrected chi connectivity index (χ0v) is 7.95. The van der Waals surface area contributed by atoms with Crippen LogP contribution in [0.5, 0.6) is 0 Å². The molecule has 0 bridgehead atoms. The predicted octanol–water partition coefficient (Wildman–Crippen LogP) is 1.27. The van der Waals surface area contributed by atoms with E-state index < -0.39 is 11.8 Å². The Hall–Kier alpha value is -1.98. The van der Waals surface area contributed by atoms with Crippen LogP contribution in [0.4, 0.5) is 4.39 Å². The van der Waals surface area contributed by atoms with Gasteiger partial charge >= 0.3 is 5.97 Å². The molecule has 2 heterocycles. The van der Waals surface area contributed by atoms with E-state index in [0.717, 1.165) is 6.20 Å². The van der Waals surface area contributed by atoms with Gasteiger partial charge < -0.3 is 4.74 Å². The maximum atomic E-state index is 12.9. The minimum Gasteiger partial charge on any atom is -0.461 e. The minimum absolute atomic E-state index is 0.124. The van der Waals surface area contributed by atoms with Crippen LogP contribution >= 0.6 is 0 Å². The number of halogens is 1. The van der Waals surface area contributed by atoms with Crippen molar-refractivity contribution >= 4 is 17.0 Å². The molecule has 0 radical (unpaired) electrons. The van der Waals surface area contributed by atoms with Crippen molar-refractivity contribution in [3.8, 4) is 0 Å². The number of aromatic nitrogens is 3. The summed E-state index contributed by atoms with van der Waals surface area (Å²) >= 11 is 0. The van der Waals surface area contributed by atoms with E-state index in [2.05, 4.69) is 15.2 Å². The molecule has 0 amide bonds. The summed E-state index contributed by atoms with van der Waals surface area (Å²) in [4.78, 5) is 15.1. The largest absolute Gasteiger partial charge is 0.461 e. The molecule has 1 N–H and O–H groups in total. The third kappa shape index (κ3) is 1.65. The Morgan fingerprint density at radius 3 is 3.20 bits per heavy atom. The smallest absolute Gasteiger partial charge is 0.357 e. The SMILES string of the molecule is CCOC(=O)c1[nH]nc2ncc(F)cc12. The summed E-state index contributed by atoms with van der Waals surface area (Å²) in [6.07, 6.45) is 1.04. The number of rotatable bonds is 2. The molecule has 0 saturated carbocycles. The first kappa shape index (κ1) is 9.57. The Kier molecular flexibility index (Phi) is 2.32. The molecular formula is C9H8FN3O2. The molecule has 2 rings (SSSR count). The average Bonchev–Trinajstić information content (AvgIpc) is 2.60. The average molecular weight is 209 g/mol. The number of carbonyl (C=O) groups excluding carboxylic acids is 1. The van der Waals surface area contributed by atoms with E-state index in [1.807, 2.05) is 0 Å². The molecule has 0 aromatic carbocycles. The number of aromatic amines is 1. The highest BCUT2D eigenvalue weighted by Gasteiger charge is 2.15. The Balaban J connectivity index is 2.52. The molecule has 0 aliphatic carbocycles. The van der Waals surface area contributed by atoms with E-state index >= 15 is 0 Å². The molecule has 2 aromatic heterocycles. The molecular weight excluding hydrogens is 201 g/mol. The molecule has 0 aliphatic rings. The van der Waals surface area contributed by atoms with Crippen LogP contribution in [0.2, 0.25) is 0 Å². The van der Waals surface area contributed by atoms with Crippen LogP contribution in [0.25, 0.3) is 11.0 Å². The highest BCUT2D eigenvalue weighted by Crippen LogP contribution is 2.15. The maximum absolute atomic E-state index is 12.9. The summed E-state index contributed by atoms with van der Waals surface area (Å²) in [7, 11) is 0. The molecule has 0 unspecified atom stereocenters. The number of hydrogen-bond donors (Lipinski definition) is 1. The maximum Gasteiger partial charge on any atom is 0.357 e. The fourth-order valence-corrected chi connectivity index (χ4v) is 1.23. The summed E-state index contributed by atoms with van der Waals surface area (Å²) in [5, 5.41) is 6.56. The first-order valence-electron chi connectivity index (χ1n) is 4.39. The number of hydrogen-bond acceptors (Lipinski definition) is 4. The van der Waals surface area contributed by atoms with Crippen molar-refractivity contribution in [3.05, 3.63) is 23.8 Å². The first-order chi connectivity index (χ1) is 7.22. The number of H-pyrrole nitrogens is 1. The molecule has 0 spiro atoms. The lowest BCUT2D eigenvalue weighted by Gasteiger charge is -1.98. The Morgan fingerprint density at radius 1 is 1.67 bits per heavy atom. The lowest BCUT2D eigenvalue weighted by atomic mass is 10.2. The summed E-state index contributed by atoms with van der Waals surface area (Å²) in [6.45, 7) is 1.94. The highest BCUT2D eigenvalue weighted by molar-refractivity contribution is 6.00. The van der Waals surface area contributed by atoms with Crippen LogP contribution in [0.15, 0.2) is 12.3 Å². The lowest BCUT2D eigenvalue weighted by Crippen LogP contribution is -2.05. The monoisotopic (exact) mass is 209 g/mol. The van der Waals surface area contributed by atoms with Gasteiger partial charge in [0.1, 0.15) is 5.82 Å². The Bertz CT molecular complexity index is 509. The van der Waals surface area contributed by atoms with Gasteiger partial charge in [0.2, 0.25) is 0 Å². The van der Waals surface area contributed by atoms with E-state index in [1.165, 1.54) is 6.07 Å². The van der Waals surface area contributed by atoms with Crippen molar-refractivity contribution in [3.63, 3.8) is 0 Å². The zero-order chi connectivity index (χ0) is 10.8. The topological polar surface area (TPSA) is 67.9 Å². The Morgan fingerprint density at radius 2 is 2.47 bits per heavy atom. The van der Waals surface area contributed by atoms with E-state index in [9.17, 15) is 9.18 Å². The van der Waals surface area contributed by atoms with Gasteiger partial charge in [0.25, 0.3) is 0 Å². The third-order valence-electron chi connectivity index (χ3n) is 1.86. The molecule has 15 heavy (non-hydrogen) atoms. The normalized spacial score (nSPS) is 10.5. The number of carbonyl (C=O) groups is 1. The van der Waals surface area contributed by atoms with Gasteiger partial charge in [-0.1, -0.05) is 0 Å². The van der Waals surface area contributed by atoms with Gasteiger partial charge in [-0.25, -0.2) is 14.2 Å². The van der Waals surface area contributed by atoms with Crippen molar-refractivity contribution in [1.82, 2.24) is 15.2 Å². The molecule has 78 valence electrons. The molecule has 6 heteroatoms. The minimum atomic E-state index is -0.563. The van der Waals surface area contributed by atoms with Gasteiger partial charge in [0.05, 0.1) is 18.2 Å². The van der Waals surface area contributed by atoms with Gasteiger partial charge in [0.15, 0.2) is 11.3 Å². The predicted molar refractivity (Wildman–Crippen MR) is 49.8 cm³/mol. The third-order valence-corrected chi connectivity index (χ3v) is 1.86. The number of esters is 1. The number of fused-ring (bicyclic) bond motifs is 1. The van der Waals surface area contributed by atoms with E-state index in [-0.39, 0.29) is 12.3 Å². The summed E-state index contributed by atoms with van der Waals surface area (Å²) < 4.78 is 17.7. The number of nitrogens with zero attached hydrogens (tertiary/aromatic N) is 2. The summed E-state index contributed by atoms with van der Waals surface area (Å²) in [5.41, 5.74) is 0.415. The Labute approximate surface area is 84.3 Å². The fourth-order valence-electron chi connectivity index (χ4n) is 1.23. The molecule has 0 saturated heterocycles. The molecule has 5 nitrogen and oxygen atoms in total. The number of nitrogens with one attached hydrogen (secondary N) is 1. The van der Waals surface area contributed by atoms with Gasteiger partial charge in [0, 0.05) is 0 Å². The quantitative estimate of drug-likeness (QED) is 0.756. The number of pyridine rings is 1. The van der Waals surface area contributed by atoms with Crippen LogP contribution in [0.3, 0.4) is 0 Å². The van der Waals surface area contributed by atoms with Crippen molar-refractivity contribution in [1.29, 1.82) is 0 Å². The standard InChI is InChI=1S/C9H8FN3O2/c1-2-15-9(14)7-6-3-5(10)4-11-8(6)13-12-7/h3-4H,2H2,1H3,(H,11,12,13). The van der Waals surface area contributed by atoms with Crippen LogP contribution in [0.1, 0.15) is 17.4 Å². The van der Waals surface area contributed by atoms with Gasteiger partial charge in [-0.2, -0.15) is 5.10 Å². The van der Waals surface area contributed by atoms with Crippen molar-refractivity contribution < 1.29 is 13.9 Å². The van der Waals surface area contributed by atoms with Crippen LogP contribution < -0.4 is 0 Å². The van der Waals surface area contributed by atoms with Crippen LogP contribution in [-0.2, 0) is 4.74 Å². The second-order valence-corrected chi connectivity index (χ2v) is 2.84. The fraction of sp³-hybridized carbons (Fsp3) is 0.222. The molecule has 0 atom stereocenters. The van der Waals surface area contributed by atoms with Crippen molar-refractivity contribution in [2.24, 2.45) is 0 Å². The highest BCUT2D eigenvalue weighted by atomic mass is 19.1.